The van der Waals surface area contributed by atoms with E-state index in [-0.39, 0.29) is 0 Å². The Hall–Kier alpha value is -0.290. The molecule has 1 aromatic carbocycles. The molecule has 2 saturated heterocycles. The molecule has 0 radical (unpaired) electrons. The van der Waals surface area contributed by atoms with Gasteiger partial charge in [-0.15, -0.1) is 0 Å². The van der Waals surface area contributed by atoms with Gasteiger partial charge in [-0.25, -0.2) is 0 Å². The lowest BCUT2D eigenvalue weighted by molar-refractivity contribution is 0.271. The predicted octanol–water partition coefficient (Wildman–Crippen LogP) is 3.45. The maximum absolute atomic E-state index is 6.19. The lowest BCUT2D eigenvalue weighted by Crippen LogP contribution is -2.55. The van der Waals surface area contributed by atoms with Crippen LogP contribution in [0.15, 0.2) is 18.2 Å². The minimum Gasteiger partial charge on any atom is -0.365 e. The molecule has 0 aromatic heterocycles. The Morgan fingerprint density at radius 2 is 1.89 bits per heavy atom. The third-order valence-corrected chi connectivity index (χ3v) is 5.63. The second-order valence-electron chi connectivity index (χ2n) is 5.81. The van der Waals surface area contributed by atoms with E-state index in [9.17, 15) is 0 Å². The first kappa shape index (κ1) is 12.7. The van der Waals surface area contributed by atoms with Crippen LogP contribution >= 0.6 is 22.6 Å². The number of halogens is 1. The van der Waals surface area contributed by atoms with Gasteiger partial charge in [-0.3, -0.25) is 0 Å². The van der Waals surface area contributed by atoms with E-state index in [2.05, 4.69) is 52.6 Å². The quantitative estimate of drug-likeness (QED) is 0.781. The fraction of sp³-hybridized carbons (Fsp3) is 0.600. The summed E-state index contributed by atoms with van der Waals surface area (Å²) in [7, 11) is 0. The van der Waals surface area contributed by atoms with Crippen LogP contribution in [0.4, 0.5) is 5.69 Å². The zero-order valence-electron chi connectivity index (χ0n) is 10.9. The summed E-state index contributed by atoms with van der Waals surface area (Å²) in [6, 6.07) is 8.65. The van der Waals surface area contributed by atoms with E-state index in [1.54, 1.807) is 0 Å². The average Bonchev–Trinajstić information content (AvgIpc) is 2.32. The monoisotopic (exact) mass is 356 g/mol. The van der Waals surface area contributed by atoms with Crippen LogP contribution in [0.2, 0.25) is 0 Å². The topological polar surface area (TPSA) is 29.3 Å². The second kappa shape index (κ2) is 5.00. The third-order valence-electron chi connectivity index (χ3n) is 4.46. The Morgan fingerprint density at radius 1 is 1.22 bits per heavy atom. The summed E-state index contributed by atoms with van der Waals surface area (Å²) in [4.78, 5) is 2.66. The van der Waals surface area contributed by atoms with Crippen LogP contribution in [0, 0.1) is 10.5 Å². The normalized spacial score (nSPS) is 31.5. The molecule has 0 aliphatic carbocycles. The molecule has 0 spiro atoms. The molecule has 2 nitrogen and oxygen atoms in total. The van der Waals surface area contributed by atoms with Crippen molar-refractivity contribution in [2.45, 2.75) is 57.2 Å². The standard InChI is InChI=1S/C15H21IN2/c1-10-5-6-14(9-15(10)16)18-12-3-2-4-13(18)8-11(17)7-12/h5-6,9,11-13H,2-4,7-8,17H2,1H3. The van der Waals surface area contributed by atoms with Crippen molar-refractivity contribution in [2.24, 2.45) is 5.73 Å². The minimum atomic E-state index is 0.418. The van der Waals surface area contributed by atoms with Crippen molar-refractivity contribution in [3.8, 4) is 0 Å². The fourth-order valence-electron chi connectivity index (χ4n) is 3.59. The summed E-state index contributed by atoms with van der Waals surface area (Å²) in [5, 5.41) is 0. The van der Waals surface area contributed by atoms with E-state index in [1.807, 2.05) is 0 Å². The number of anilines is 1. The van der Waals surface area contributed by atoms with Crippen LogP contribution in [0.5, 0.6) is 0 Å². The lowest BCUT2D eigenvalue weighted by Gasteiger charge is -2.49. The molecule has 2 aliphatic rings. The van der Waals surface area contributed by atoms with Gasteiger partial charge in [0.2, 0.25) is 0 Å². The van der Waals surface area contributed by atoms with E-state index in [4.69, 9.17) is 5.73 Å². The van der Waals surface area contributed by atoms with Gasteiger partial charge >= 0.3 is 0 Å². The molecule has 2 atom stereocenters. The fourth-order valence-corrected chi connectivity index (χ4v) is 4.09. The van der Waals surface area contributed by atoms with Crippen LogP contribution in [0.1, 0.15) is 37.7 Å². The van der Waals surface area contributed by atoms with Crippen LogP contribution < -0.4 is 10.6 Å². The first-order valence-corrected chi connectivity index (χ1v) is 8.03. The van der Waals surface area contributed by atoms with E-state index in [1.165, 1.54) is 46.9 Å². The number of hydrogen-bond donors (Lipinski definition) is 1. The summed E-state index contributed by atoms with van der Waals surface area (Å²) in [5.41, 5.74) is 8.97. The number of benzene rings is 1. The summed E-state index contributed by atoms with van der Waals surface area (Å²) in [5.74, 6) is 0. The van der Waals surface area contributed by atoms with Crippen molar-refractivity contribution in [3.63, 3.8) is 0 Å². The summed E-state index contributed by atoms with van der Waals surface area (Å²) in [6.45, 7) is 2.18. The van der Waals surface area contributed by atoms with E-state index >= 15 is 0 Å². The first-order valence-electron chi connectivity index (χ1n) is 6.95. The molecule has 98 valence electrons. The van der Waals surface area contributed by atoms with Gasteiger partial charge in [0.25, 0.3) is 0 Å². The van der Waals surface area contributed by atoms with Crippen molar-refractivity contribution in [1.82, 2.24) is 0 Å². The van der Waals surface area contributed by atoms with Gasteiger partial charge in [-0.05, 0) is 79.3 Å². The molecule has 2 fully saturated rings. The van der Waals surface area contributed by atoms with Gasteiger partial charge in [0.1, 0.15) is 0 Å². The summed E-state index contributed by atoms with van der Waals surface area (Å²) < 4.78 is 1.37. The molecule has 3 rings (SSSR count). The zero-order valence-corrected chi connectivity index (χ0v) is 13.1. The number of fused-ring (bicyclic) bond motifs is 2. The molecular weight excluding hydrogens is 335 g/mol. The molecule has 2 aliphatic heterocycles. The molecule has 1 aromatic rings. The van der Waals surface area contributed by atoms with Gasteiger partial charge in [0.05, 0.1) is 0 Å². The predicted molar refractivity (Wildman–Crippen MR) is 85.0 cm³/mol. The molecule has 0 saturated carbocycles. The van der Waals surface area contributed by atoms with Gasteiger partial charge in [0.15, 0.2) is 0 Å². The zero-order chi connectivity index (χ0) is 12.7. The Labute approximate surface area is 123 Å². The van der Waals surface area contributed by atoms with Crippen molar-refractivity contribution < 1.29 is 0 Å². The maximum atomic E-state index is 6.19. The highest BCUT2D eigenvalue weighted by Crippen LogP contribution is 2.37. The van der Waals surface area contributed by atoms with Gasteiger partial charge in [-0.1, -0.05) is 6.07 Å². The summed E-state index contributed by atoms with van der Waals surface area (Å²) >= 11 is 2.44. The minimum absolute atomic E-state index is 0.418. The largest absolute Gasteiger partial charge is 0.365 e. The number of hydrogen-bond acceptors (Lipinski definition) is 2. The molecule has 3 heteroatoms. The van der Waals surface area contributed by atoms with E-state index in [0.29, 0.717) is 18.1 Å². The van der Waals surface area contributed by atoms with Crippen LogP contribution in [0.3, 0.4) is 0 Å². The molecule has 2 bridgehead atoms. The second-order valence-corrected chi connectivity index (χ2v) is 6.97. The van der Waals surface area contributed by atoms with Gasteiger partial charge < -0.3 is 10.6 Å². The summed E-state index contributed by atoms with van der Waals surface area (Å²) in [6.07, 6.45) is 6.34. The Bertz CT molecular complexity index is 432. The highest BCUT2D eigenvalue weighted by atomic mass is 127. The van der Waals surface area contributed by atoms with Crippen LogP contribution in [-0.2, 0) is 0 Å². The molecule has 18 heavy (non-hydrogen) atoms. The lowest BCUT2D eigenvalue weighted by atomic mass is 9.81. The van der Waals surface area contributed by atoms with Crippen molar-refractivity contribution in [3.05, 3.63) is 27.3 Å². The van der Waals surface area contributed by atoms with Crippen LogP contribution in [-0.4, -0.2) is 18.1 Å². The Morgan fingerprint density at radius 3 is 2.50 bits per heavy atom. The highest BCUT2D eigenvalue weighted by molar-refractivity contribution is 14.1. The van der Waals surface area contributed by atoms with Crippen molar-refractivity contribution in [2.75, 3.05) is 4.90 Å². The third kappa shape index (κ3) is 2.27. The Balaban J connectivity index is 1.92. The smallest absolute Gasteiger partial charge is 0.0382 e. The molecule has 0 amide bonds. The first-order chi connectivity index (χ1) is 8.65. The molecular formula is C15H21IN2. The van der Waals surface area contributed by atoms with Crippen molar-refractivity contribution in [1.29, 1.82) is 0 Å². The number of aryl methyl sites for hydroxylation is 1. The number of nitrogens with zero attached hydrogens (tertiary/aromatic N) is 1. The maximum Gasteiger partial charge on any atom is 0.0382 e. The number of rotatable bonds is 1. The van der Waals surface area contributed by atoms with E-state index in [0.717, 1.165) is 0 Å². The van der Waals surface area contributed by atoms with Crippen LogP contribution in [0.25, 0.3) is 0 Å². The molecule has 2 heterocycles. The Kier molecular flexibility index (Phi) is 3.54. The van der Waals surface area contributed by atoms with Crippen molar-refractivity contribution >= 4 is 28.3 Å². The van der Waals surface area contributed by atoms with Gasteiger partial charge in [-0.2, -0.15) is 0 Å². The van der Waals surface area contributed by atoms with Gasteiger partial charge in [0, 0.05) is 27.4 Å². The molecule has 2 N–H and O–H groups in total. The number of nitrogens with two attached hydrogens (primary N) is 1. The number of piperidine rings is 2. The highest BCUT2D eigenvalue weighted by Gasteiger charge is 2.37. The SMILES string of the molecule is Cc1ccc(N2C3CCCC2CC(N)C3)cc1I. The molecule has 2 unspecified atom stereocenters. The van der Waals surface area contributed by atoms with E-state index < -0.39 is 0 Å². The average molecular weight is 356 g/mol.